The highest BCUT2D eigenvalue weighted by molar-refractivity contribution is 5.95. The van der Waals surface area contributed by atoms with E-state index in [-0.39, 0.29) is 5.78 Å². The molecule has 0 radical (unpaired) electrons. The van der Waals surface area contributed by atoms with E-state index in [9.17, 15) is 4.79 Å². The Morgan fingerprint density at radius 2 is 2.00 bits per heavy atom. The van der Waals surface area contributed by atoms with Crippen LogP contribution in [0.5, 0.6) is 0 Å². The first-order valence-electron chi connectivity index (χ1n) is 6.23. The molecule has 2 unspecified atom stereocenters. The number of ketones is 1. The maximum Gasteiger partial charge on any atom is 0.159 e. The number of carbonyl (C=O) groups is 1. The van der Waals surface area contributed by atoms with Crippen LogP contribution in [0.1, 0.15) is 23.7 Å². The molecule has 0 saturated carbocycles. The molecule has 0 amide bonds. The van der Waals surface area contributed by atoms with E-state index in [1.807, 2.05) is 18.2 Å². The highest BCUT2D eigenvalue weighted by Crippen LogP contribution is 2.33. The monoisotopic (exact) mass is 230 g/mol. The Bertz CT molecular complexity index is 445. The first-order valence-corrected chi connectivity index (χ1v) is 6.23. The van der Waals surface area contributed by atoms with Crippen molar-refractivity contribution < 1.29 is 4.79 Å². The molecule has 4 rings (SSSR count). The zero-order chi connectivity index (χ0) is 12.0. The molecule has 0 spiro atoms. The number of likely N-dealkylation sites (N-methyl/N-ethyl adjacent to an activating group) is 1. The van der Waals surface area contributed by atoms with Crippen LogP contribution in [0.15, 0.2) is 24.3 Å². The third-order valence-corrected chi connectivity index (χ3v) is 4.18. The molecule has 1 aromatic rings. The molecule has 17 heavy (non-hydrogen) atoms. The summed E-state index contributed by atoms with van der Waals surface area (Å²) < 4.78 is 0. The van der Waals surface area contributed by atoms with Crippen molar-refractivity contribution in [3.63, 3.8) is 0 Å². The molecule has 90 valence electrons. The summed E-state index contributed by atoms with van der Waals surface area (Å²) in [5.74, 6) is 0.145. The minimum atomic E-state index is 0.145. The molecule has 1 aromatic carbocycles. The zero-order valence-electron chi connectivity index (χ0n) is 10.4. The number of anilines is 1. The van der Waals surface area contributed by atoms with Crippen LogP contribution in [0.25, 0.3) is 0 Å². The zero-order valence-corrected chi connectivity index (χ0v) is 10.4. The number of carbonyl (C=O) groups excluding carboxylic acids is 1. The Balaban J connectivity index is 1.81. The lowest BCUT2D eigenvalue weighted by Crippen LogP contribution is -2.67. The maximum atomic E-state index is 11.4. The van der Waals surface area contributed by atoms with Crippen LogP contribution in [0, 0.1) is 0 Å². The summed E-state index contributed by atoms with van der Waals surface area (Å²) >= 11 is 0. The van der Waals surface area contributed by atoms with Gasteiger partial charge in [-0.3, -0.25) is 9.69 Å². The van der Waals surface area contributed by atoms with Crippen LogP contribution in [0.2, 0.25) is 0 Å². The topological polar surface area (TPSA) is 23.6 Å². The van der Waals surface area contributed by atoms with Crippen molar-refractivity contribution in [2.45, 2.75) is 25.4 Å². The fourth-order valence-corrected chi connectivity index (χ4v) is 2.93. The van der Waals surface area contributed by atoms with Gasteiger partial charge in [-0.1, -0.05) is 12.1 Å². The molecule has 2 bridgehead atoms. The molecular formula is C14H18N2O. The van der Waals surface area contributed by atoms with Gasteiger partial charge >= 0.3 is 0 Å². The average molecular weight is 230 g/mol. The summed E-state index contributed by atoms with van der Waals surface area (Å²) in [5, 5.41) is 0. The summed E-state index contributed by atoms with van der Waals surface area (Å²) in [6.45, 7) is 3.81. The number of fused-ring (bicyclic) bond motifs is 2. The average Bonchev–Trinajstić information content (AvgIpc) is 2.38. The summed E-state index contributed by atoms with van der Waals surface area (Å²) in [6.07, 6.45) is 1.33. The number of Topliss-reactive ketones (excluding diaryl/α,β-unsaturated/α-hetero) is 1. The van der Waals surface area contributed by atoms with E-state index in [0.717, 1.165) is 18.7 Å². The number of hydrogen-bond acceptors (Lipinski definition) is 3. The second-order valence-corrected chi connectivity index (χ2v) is 5.22. The highest BCUT2D eigenvalue weighted by Gasteiger charge is 2.42. The van der Waals surface area contributed by atoms with Crippen molar-refractivity contribution in [2.24, 2.45) is 0 Å². The Kier molecular flexibility index (Phi) is 2.44. The first-order chi connectivity index (χ1) is 8.15. The van der Waals surface area contributed by atoms with Crippen molar-refractivity contribution in [3.8, 4) is 0 Å². The lowest BCUT2D eigenvalue weighted by atomic mass is 9.88. The lowest BCUT2D eigenvalue weighted by molar-refractivity contribution is 0.0264. The molecule has 3 heterocycles. The van der Waals surface area contributed by atoms with Gasteiger partial charge in [-0.15, -0.1) is 0 Å². The molecule has 3 aliphatic heterocycles. The molecule has 3 heteroatoms. The van der Waals surface area contributed by atoms with Crippen molar-refractivity contribution in [1.82, 2.24) is 4.90 Å². The molecular weight excluding hydrogens is 212 g/mol. The molecule has 3 fully saturated rings. The summed E-state index contributed by atoms with van der Waals surface area (Å²) in [4.78, 5) is 16.3. The third kappa shape index (κ3) is 1.75. The van der Waals surface area contributed by atoms with Gasteiger partial charge in [-0.2, -0.15) is 0 Å². The van der Waals surface area contributed by atoms with E-state index in [1.165, 1.54) is 12.1 Å². The van der Waals surface area contributed by atoms with Crippen molar-refractivity contribution in [1.29, 1.82) is 0 Å². The minimum Gasteiger partial charge on any atom is -0.368 e. The number of rotatable bonds is 2. The number of benzene rings is 1. The molecule has 0 aromatic heterocycles. The van der Waals surface area contributed by atoms with Gasteiger partial charge < -0.3 is 4.90 Å². The number of piperidine rings is 1. The fourth-order valence-electron chi connectivity index (χ4n) is 2.93. The molecule has 3 saturated heterocycles. The summed E-state index contributed by atoms with van der Waals surface area (Å²) in [7, 11) is 2.21. The lowest BCUT2D eigenvalue weighted by Gasteiger charge is -2.55. The largest absolute Gasteiger partial charge is 0.368 e. The smallest absolute Gasteiger partial charge is 0.159 e. The van der Waals surface area contributed by atoms with Gasteiger partial charge in [-0.25, -0.2) is 0 Å². The Hall–Kier alpha value is -1.35. The van der Waals surface area contributed by atoms with E-state index in [0.29, 0.717) is 12.1 Å². The van der Waals surface area contributed by atoms with Crippen LogP contribution in [-0.2, 0) is 0 Å². The van der Waals surface area contributed by atoms with E-state index in [1.54, 1.807) is 6.92 Å². The number of piperazine rings is 1. The third-order valence-electron chi connectivity index (χ3n) is 4.18. The van der Waals surface area contributed by atoms with E-state index >= 15 is 0 Å². The molecule has 0 aliphatic carbocycles. The van der Waals surface area contributed by atoms with Crippen LogP contribution in [0.3, 0.4) is 0 Å². The molecule has 3 aliphatic rings. The Labute approximate surface area is 102 Å². The second-order valence-electron chi connectivity index (χ2n) is 5.22. The maximum absolute atomic E-state index is 11.4. The predicted molar refractivity (Wildman–Crippen MR) is 68.6 cm³/mol. The quantitative estimate of drug-likeness (QED) is 0.724. The Morgan fingerprint density at radius 1 is 1.29 bits per heavy atom. The van der Waals surface area contributed by atoms with Crippen molar-refractivity contribution in [3.05, 3.63) is 29.8 Å². The summed E-state index contributed by atoms with van der Waals surface area (Å²) in [5.41, 5.74) is 2.01. The van der Waals surface area contributed by atoms with Crippen LogP contribution in [-0.4, -0.2) is 42.9 Å². The van der Waals surface area contributed by atoms with Crippen molar-refractivity contribution >= 4 is 11.5 Å². The standard InChI is InChI=1S/C14H18N2O/c1-10(17)11-4-3-5-12(6-11)16-8-13-7-14(9-16)15(13)2/h3-6,13-14H,7-9H2,1-2H3. The minimum absolute atomic E-state index is 0.145. The van der Waals surface area contributed by atoms with Crippen molar-refractivity contribution in [2.75, 3.05) is 25.0 Å². The second kappa shape index (κ2) is 3.84. The molecule has 3 nitrogen and oxygen atoms in total. The number of nitrogens with zero attached hydrogens (tertiary/aromatic N) is 2. The van der Waals surface area contributed by atoms with Gasteiger partial charge in [0.1, 0.15) is 0 Å². The predicted octanol–water partition coefficient (Wildman–Crippen LogP) is 1.78. The molecule has 0 N–H and O–H groups in total. The van der Waals surface area contributed by atoms with Gasteiger partial charge in [0, 0.05) is 36.4 Å². The highest BCUT2D eigenvalue weighted by atomic mass is 16.1. The van der Waals surface area contributed by atoms with E-state index in [2.05, 4.69) is 22.9 Å². The first kappa shape index (κ1) is 10.8. The molecule has 2 atom stereocenters. The van der Waals surface area contributed by atoms with E-state index in [4.69, 9.17) is 0 Å². The van der Waals surface area contributed by atoms with E-state index < -0.39 is 0 Å². The van der Waals surface area contributed by atoms with Gasteiger partial charge in [0.2, 0.25) is 0 Å². The fraction of sp³-hybridized carbons (Fsp3) is 0.500. The summed E-state index contributed by atoms with van der Waals surface area (Å²) in [6, 6.07) is 9.41. The van der Waals surface area contributed by atoms with Gasteiger partial charge in [0.05, 0.1) is 0 Å². The number of hydrogen-bond donors (Lipinski definition) is 0. The SMILES string of the molecule is CC(=O)c1cccc(N2CC3CC(C2)N3C)c1. The normalized spacial score (nSPS) is 27.8. The van der Waals surface area contributed by atoms with Crippen LogP contribution in [0.4, 0.5) is 5.69 Å². The van der Waals surface area contributed by atoms with Crippen LogP contribution < -0.4 is 4.90 Å². The van der Waals surface area contributed by atoms with Crippen LogP contribution >= 0.6 is 0 Å². The van der Waals surface area contributed by atoms with Gasteiger partial charge in [0.25, 0.3) is 0 Å². The Morgan fingerprint density at radius 3 is 2.59 bits per heavy atom. The van der Waals surface area contributed by atoms with Gasteiger partial charge in [-0.05, 0) is 32.5 Å². The van der Waals surface area contributed by atoms with Gasteiger partial charge in [0.15, 0.2) is 5.78 Å².